The second-order valence-electron chi connectivity index (χ2n) is 3.37. The lowest BCUT2D eigenvalue weighted by atomic mass is 10.2. The monoisotopic (exact) mass is 299 g/mol. The van der Waals surface area contributed by atoms with Gasteiger partial charge in [-0.25, -0.2) is 0 Å². The Morgan fingerprint density at radius 2 is 2.35 bits per heavy atom. The Kier molecular flexibility index (Phi) is 4.43. The first-order chi connectivity index (χ1) is 7.95. The van der Waals surface area contributed by atoms with Crippen molar-refractivity contribution in [1.82, 2.24) is 0 Å². The molecule has 6 nitrogen and oxygen atoms in total. The summed E-state index contributed by atoms with van der Waals surface area (Å²) in [6.07, 6.45) is 0. The number of benzene rings is 1. The molecule has 0 saturated heterocycles. The lowest BCUT2D eigenvalue weighted by molar-refractivity contribution is -0.386. The van der Waals surface area contributed by atoms with E-state index in [1.54, 1.807) is 19.1 Å². The zero-order valence-corrected chi connectivity index (χ0v) is 10.6. The highest BCUT2D eigenvalue weighted by molar-refractivity contribution is 9.10. The number of nitriles is 1. The van der Waals surface area contributed by atoms with Crippen molar-refractivity contribution in [3.05, 3.63) is 32.3 Å². The topological polar surface area (TPSA) is 102 Å². The molecule has 0 aromatic heterocycles. The molecule has 1 unspecified atom stereocenters. The van der Waals surface area contributed by atoms with Crippen LogP contribution in [0.3, 0.4) is 0 Å². The van der Waals surface area contributed by atoms with Crippen molar-refractivity contribution in [2.45, 2.75) is 13.0 Å². The van der Waals surface area contributed by atoms with Crippen molar-refractivity contribution >= 4 is 21.6 Å². The highest BCUT2D eigenvalue weighted by atomic mass is 79.9. The van der Waals surface area contributed by atoms with E-state index in [9.17, 15) is 10.1 Å². The van der Waals surface area contributed by atoms with Gasteiger partial charge in [0.2, 0.25) is 0 Å². The second kappa shape index (κ2) is 5.61. The van der Waals surface area contributed by atoms with Crippen LogP contribution in [0.5, 0.6) is 5.75 Å². The van der Waals surface area contributed by atoms with Crippen LogP contribution in [-0.2, 0) is 0 Å². The van der Waals surface area contributed by atoms with Crippen LogP contribution in [0.25, 0.3) is 0 Å². The Morgan fingerprint density at radius 1 is 1.71 bits per heavy atom. The summed E-state index contributed by atoms with van der Waals surface area (Å²) < 4.78 is 5.82. The Bertz CT molecular complexity index is 484. The highest BCUT2D eigenvalue weighted by Crippen LogP contribution is 2.34. The number of aryl methyl sites for hydroxylation is 1. The maximum Gasteiger partial charge on any atom is 0.312 e. The maximum absolute atomic E-state index is 10.8. The Labute approximate surface area is 106 Å². The van der Waals surface area contributed by atoms with Gasteiger partial charge in [-0.2, -0.15) is 5.26 Å². The summed E-state index contributed by atoms with van der Waals surface area (Å²) in [4.78, 5) is 10.3. The number of ether oxygens (including phenoxy) is 1. The highest BCUT2D eigenvalue weighted by Gasteiger charge is 2.19. The van der Waals surface area contributed by atoms with E-state index in [0.717, 1.165) is 0 Å². The van der Waals surface area contributed by atoms with Crippen molar-refractivity contribution in [2.75, 3.05) is 6.61 Å². The van der Waals surface area contributed by atoms with Crippen LogP contribution >= 0.6 is 15.9 Å². The van der Waals surface area contributed by atoms with Crippen molar-refractivity contribution < 1.29 is 9.66 Å². The molecule has 1 aromatic carbocycles. The Morgan fingerprint density at radius 3 is 2.88 bits per heavy atom. The van der Waals surface area contributed by atoms with Gasteiger partial charge in [0, 0.05) is 10.5 Å². The molecule has 7 heteroatoms. The van der Waals surface area contributed by atoms with Crippen molar-refractivity contribution in [1.29, 1.82) is 5.26 Å². The van der Waals surface area contributed by atoms with E-state index in [4.69, 9.17) is 15.7 Å². The molecule has 0 aliphatic rings. The van der Waals surface area contributed by atoms with Crippen LogP contribution in [0.2, 0.25) is 0 Å². The summed E-state index contributed by atoms with van der Waals surface area (Å²) in [7, 11) is 0. The third kappa shape index (κ3) is 3.41. The molecule has 0 bridgehead atoms. The van der Waals surface area contributed by atoms with E-state index in [2.05, 4.69) is 15.9 Å². The molecule has 17 heavy (non-hydrogen) atoms. The van der Waals surface area contributed by atoms with Gasteiger partial charge in [-0.3, -0.25) is 10.1 Å². The van der Waals surface area contributed by atoms with Gasteiger partial charge in [-0.15, -0.1) is 0 Å². The summed E-state index contributed by atoms with van der Waals surface area (Å²) >= 11 is 3.17. The van der Waals surface area contributed by atoms with Crippen LogP contribution in [0.4, 0.5) is 5.69 Å². The molecule has 1 aromatic rings. The first kappa shape index (κ1) is 13.4. The van der Waals surface area contributed by atoms with Gasteiger partial charge in [-0.05, 0) is 18.6 Å². The molecule has 0 heterocycles. The van der Waals surface area contributed by atoms with Crippen LogP contribution in [0.15, 0.2) is 16.6 Å². The van der Waals surface area contributed by atoms with Gasteiger partial charge in [0.05, 0.1) is 11.0 Å². The van der Waals surface area contributed by atoms with E-state index < -0.39 is 11.0 Å². The SMILES string of the molecule is Cc1cc(Br)cc([N+](=O)[O-])c1OCC(N)C#N. The number of nitro groups is 1. The van der Waals surface area contributed by atoms with Crippen LogP contribution < -0.4 is 10.5 Å². The zero-order chi connectivity index (χ0) is 13.0. The minimum absolute atomic E-state index is 0.0835. The maximum atomic E-state index is 10.8. The largest absolute Gasteiger partial charge is 0.484 e. The first-order valence-corrected chi connectivity index (χ1v) is 5.47. The molecule has 2 N–H and O–H groups in total. The fourth-order valence-electron chi connectivity index (χ4n) is 1.25. The van der Waals surface area contributed by atoms with E-state index in [1.165, 1.54) is 6.07 Å². The van der Waals surface area contributed by atoms with E-state index in [-0.39, 0.29) is 18.0 Å². The summed E-state index contributed by atoms with van der Waals surface area (Å²) in [6.45, 7) is 1.60. The number of hydrogen-bond acceptors (Lipinski definition) is 5. The van der Waals surface area contributed by atoms with Gasteiger partial charge in [-0.1, -0.05) is 15.9 Å². The van der Waals surface area contributed by atoms with Crippen molar-refractivity contribution in [3.8, 4) is 11.8 Å². The number of rotatable bonds is 4. The Hall–Kier alpha value is -1.65. The molecule has 0 aliphatic carbocycles. The fraction of sp³-hybridized carbons (Fsp3) is 0.300. The van der Waals surface area contributed by atoms with Gasteiger partial charge in [0.25, 0.3) is 0 Å². The molecule has 0 saturated carbocycles. The van der Waals surface area contributed by atoms with Gasteiger partial charge >= 0.3 is 5.69 Å². The molecular weight excluding hydrogens is 290 g/mol. The summed E-state index contributed by atoms with van der Waals surface area (Å²) in [5, 5.41) is 19.4. The quantitative estimate of drug-likeness (QED) is 0.675. The predicted molar refractivity (Wildman–Crippen MR) is 64.6 cm³/mol. The van der Waals surface area contributed by atoms with Crippen LogP contribution in [0, 0.1) is 28.4 Å². The average molecular weight is 300 g/mol. The second-order valence-corrected chi connectivity index (χ2v) is 4.29. The third-order valence-electron chi connectivity index (χ3n) is 1.99. The minimum Gasteiger partial charge on any atom is -0.484 e. The normalized spacial score (nSPS) is 11.6. The number of nitro benzene ring substituents is 1. The standard InChI is InChI=1S/C10H10BrN3O3/c1-6-2-7(11)3-9(14(15)16)10(6)17-5-8(13)4-12/h2-3,8H,5,13H2,1H3. The van der Waals surface area contributed by atoms with Crippen LogP contribution in [-0.4, -0.2) is 17.6 Å². The van der Waals surface area contributed by atoms with Gasteiger partial charge < -0.3 is 10.5 Å². The lowest BCUT2D eigenvalue weighted by Crippen LogP contribution is -2.26. The fourth-order valence-corrected chi connectivity index (χ4v) is 1.81. The third-order valence-corrected chi connectivity index (χ3v) is 2.45. The van der Waals surface area contributed by atoms with E-state index in [0.29, 0.717) is 10.0 Å². The summed E-state index contributed by atoms with van der Waals surface area (Å²) in [5.41, 5.74) is 5.82. The number of halogens is 1. The number of hydrogen-bond donors (Lipinski definition) is 1. The zero-order valence-electron chi connectivity index (χ0n) is 9.01. The van der Waals surface area contributed by atoms with Crippen molar-refractivity contribution in [3.63, 3.8) is 0 Å². The summed E-state index contributed by atoms with van der Waals surface area (Å²) in [6, 6.07) is 4.02. The molecular formula is C10H10BrN3O3. The van der Waals surface area contributed by atoms with E-state index in [1.807, 2.05) is 0 Å². The average Bonchev–Trinajstić information content (AvgIpc) is 2.26. The molecule has 1 atom stereocenters. The molecule has 0 spiro atoms. The minimum atomic E-state index is -0.808. The number of nitrogens with two attached hydrogens (primary N) is 1. The number of nitrogens with zero attached hydrogens (tertiary/aromatic N) is 2. The lowest BCUT2D eigenvalue weighted by Gasteiger charge is -2.10. The van der Waals surface area contributed by atoms with Crippen molar-refractivity contribution in [2.24, 2.45) is 5.73 Å². The van der Waals surface area contributed by atoms with E-state index >= 15 is 0 Å². The molecule has 0 radical (unpaired) electrons. The predicted octanol–water partition coefficient (Wildman–Crippen LogP) is 1.90. The molecule has 90 valence electrons. The Balaban J connectivity index is 3.05. The first-order valence-electron chi connectivity index (χ1n) is 4.68. The smallest absolute Gasteiger partial charge is 0.312 e. The van der Waals surface area contributed by atoms with Crippen LogP contribution in [0.1, 0.15) is 5.56 Å². The van der Waals surface area contributed by atoms with Gasteiger partial charge in [0.15, 0.2) is 5.75 Å². The van der Waals surface area contributed by atoms with Gasteiger partial charge in [0.1, 0.15) is 12.6 Å². The molecule has 0 amide bonds. The summed E-state index contributed by atoms with van der Waals surface area (Å²) in [5.74, 6) is 0.143. The molecule has 1 rings (SSSR count). The molecule has 0 aliphatic heterocycles. The molecule has 0 fully saturated rings.